The third kappa shape index (κ3) is 1.84. The summed E-state index contributed by atoms with van der Waals surface area (Å²) in [5.74, 6) is -0.00664. The van der Waals surface area contributed by atoms with E-state index in [0.717, 1.165) is 0 Å². The van der Waals surface area contributed by atoms with Gasteiger partial charge in [-0.15, -0.1) is 0 Å². The lowest BCUT2D eigenvalue weighted by molar-refractivity contribution is -0.0244. The van der Waals surface area contributed by atoms with Crippen LogP contribution in [0.2, 0.25) is 5.15 Å². The summed E-state index contributed by atoms with van der Waals surface area (Å²) in [6.07, 6.45) is -1.68. The highest BCUT2D eigenvalue weighted by atomic mass is 35.5. The number of hydrogen-bond acceptors (Lipinski definition) is 7. The van der Waals surface area contributed by atoms with Crippen LogP contribution >= 0.6 is 11.6 Å². The molecule has 3 rings (SSSR count). The number of nitrogens with zero attached hydrogens (tertiary/aromatic N) is 4. The van der Waals surface area contributed by atoms with E-state index < -0.39 is 24.4 Å². The molecular weight excluding hydrogens is 274 g/mol. The maximum absolute atomic E-state index is 9.93. The Morgan fingerprint density at radius 2 is 2.00 bits per heavy atom. The zero-order valence-corrected chi connectivity index (χ0v) is 10.4. The SMILES string of the molecule is Nc1nc(Cl)c2ncn([C@@H]3C[C@H](O)[C@@H](O)[C@H]3O)c2n1. The molecule has 2 aromatic heterocycles. The smallest absolute Gasteiger partial charge is 0.223 e. The lowest BCUT2D eigenvalue weighted by atomic mass is 10.2. The van der Waals surface area contributed by atoms with Crippen LogP contribution < -0.4 is 5.73 Å². The molecule has 1 aliphatic rings. The maximum atomic E-state index is 9.93. The van der Waals surface area contributed by atoms with E-state index in [-0.39, 0.29) is 17.5 Å². The quantitative estimate of drug-likeness (QED) is 0.499. The second kappa shape index (κ2) is 4.27. The van der Waals surface area contributed by atoms with Gasteiger partial charge in [0.1, 0.15) is 17.7 Å². The average molecular weight is 286 g/mol. The molecule has 0 radical (unpaired) electrons. The van der Waals surface area contributed by atoms with Gasteiger partial charge in [-0.25, -0.2) is 4.98 Å². The van der Waals surface area contributed by atoms with Gasteiger partial charge >= 0.3 is 0 Å². The van der Waals surface area contributed by atoms with Gasteiger partial charge in [0.2, 0.25) is 5.95 Å². The summed E-state index contributed by atoms with van der Waals surface area (Å²) in [7, 11) is 0. The molecule has 0 amide bonds. The first-order valence-corrected chi connectivity index (χ1v) is 6.06. The van der Waals surface area contributed by atoms with Crippen molar-refractivity contribution in [1.82, 2.24) is 19.5 Å². The summed E-state index contributed by atoms with van der Waals surface area (Å²) in [6.45, 7) is 0. The molecule has 1 fully saturated rings. The molecule has 8 nitrogen and oxygen atoms in total. The first-order valence-electron chi connectivity index (χ1n) is 5.68. The van der Waals surface area contributed by atoms with E-state index in [9.17, 15) is 15.3 Å². The highest BCUT2D eigenvalue weighted by molar-refractivity contribution is 6.33. The monoisotopic (exact) mass is 285 g/mol. The number of aliphatic hydroxyl groups is 3. The molecule has 0 bridgehead atoms. The average Bonchev–Trinajstić information content (AvgIpc) is 2.86. The van der Waals surface area contributed by atoms with Crippen LogP contribution in [-0.2, 0) is 0 Å². The minimum absolute atomic E-state index is 0.00664. The van der Waals surface area contributed by atoms with Crippen LogP contribution in [-0.4, -0.2) is 53.2 Å². The zero-order valence-electron chi connectivity index (χ0n) is 9.68. The fourth-order valence-electron chi connectivity index (χ4n) is 2.40. The Bertz CT molecular complexity index is 633. The molecule has 4 atom stereocenters. The largest absolute Gasteiger partial charge is 0.390 e. The van der Waals surface area contributed by atoms with Crippen molar-refractivity contribution in [2.45, 2.75) is 30.8 Å². The summed E-state index contributed by atoms with van der Waals surface area (Å²) in [6, 6.07) is -0.541. The predicted molar refractivity (Wildman–Crippen MR) is 66.4 cm³/mol. The Balaban J connectivity index is 2.11. The highest BCUT2D eigenvalue weighted by Gasteiger charge is 2.42. The second-order valence-electron chi connectivity index (χ2n) is 4.55. The first kappa shape index (κ1) is 12.5. The zero-order chi connectivity index (χ0) is 13.7. The lowest BCUT2D eigenvalue weighted by Crippen LogP contribution is -2.31. The molecule has 102 valence electrons. The van der Waals surface area contributed by atoms with Crippen molar-refractivity contribution in [3.8, 4) is 0 Å². The number of nitrogens with two attached hydrogens (primary N) is 1. The highest BCUT2D eigenvalue weighted by Crippen LogP contribution is 2.33. The number of imidazole rings is 1. The number of aromatic nitrogens is 4. The fraction of sp³-hybridized carbons (Fsp3) is 0.500. The van der Waals surface area contributed by atoms with E-state index in [2.05, 4.69) is 15.0 Å². The molecule has 1 saturated carbocycles. The number of anilines is 1. The van der Waals surface area contributed by atoms with Crippen molar-refractivity contribution in [3.63, 3.8) is 0 Å². The van der Waals surface area contributed by atoms with E-state index in [1.54, 1.807) is 4.57 Å². The molecule has 0 unspecified atom stereocenters. The third-order valence-electron chi connectivity index (χ3n) is 3.37. The van der Waals surface area contributed by atoms with Gasteiger partial charge in [-0.1, -0.05) is 11.6 Å². The Labute approximate surface area is 112 Å². The van der Waals surface area contributed by atoms with E-state index in [4.69, 9.17) is 17.3 Å². The fourth-order valence-corrected chi connectivity index (χ4v) is 2.62. The van der Waals surface area contributed by atoms with Crippen molar-refractivity contribution < 1.29 is 15.3 Å². The third-order valence-corrected chi connectivity index (χ3v) is 3.64. The van der Waals surface area contributed by atoms with Gasteiger partial charge in [0.05, 0.1) is 18.5 Å². The Morgan fingerprint density at radius 3 is 2.63 bits per heavy atom. The summed E-state index contributed by atoms with van der Waals surface area (Å²) in [5, 5.41) is 29.2. The summed E-state index contributed by atoms with van der Waals surface area (Å²) in [5.41, 5.74) is 6.26. The van der Waals surface area contributed by atoms with Crippen LogP contribution in [0.5, 0.6) is 0 Å². The van der Waals surface area contributed by atoms with E-state index >= 15 is 0 Å². The summed E-state index contributed by atoms with van der Waals surface area (Å²) in [4.78, 5) is 11.9. The molecule has 19 heavy (non-hydrogen) atoms. The van der Waals surface area contributed by atoms with E-state index in [0.29, 0.717) is 11.2 Å². The summed E-state index contributed by atoms with van der Waals surface area (Å²) >= 11 is 5.91. The van der Waals surface area contributed by atoms with Crippen molar-refractivity contribution in [2.75, 3.05) is 5.73 Å². The molecular formula is C10H12ClN5O3. The van der Waals surface area contributed by atoms with Crippen LogP contribution in [0.25, 0.3) is 11.2 Å². The molecule has 5 N–H and O–H groups in total. The van der Waals surface area contributed by atoms with E-state index in [1.807, 2.05) is 0 Å². The van der Waals surface area contributed by atoms with Gasteiger partial charge in [0.15, 0.2) is 10.8 Å². The minimum atomic E-state index is -1.20. The topological polar surface area (TPSA) is 130 Å². The normalized spacial score (nSPS) is 31.2. The lowest BCUT2D eigenvalue weighted by Gasteiger charge is -2.17. The van der Waals surface area contributed by atoms with Crippen molar-refractivity contribution in [3.05, 3.63) is 11.5 Å². The maximum Gasteiger partial charge on any atom is 0.223 e. The second-order valence-corrected chi connectivity index (χ2v) is 4.91. The molecule has 0 saturated heterocycles. The van der Waals surface area contributed by atoms with Crippen LogP contribution in [0.15, 0.2) is 6.33 Å². The number of hydrogen-bond donors (Lipinski definition) is 4. The van der Waals surface area contributed by atoms with Gasteiger partial charge in [0, 0.05) is 0 Å². The number of aliphatic hydroxyl groups excluding tert-OH is 3. The van der Waals surface area contributed by atoms with Gasteiger partial charge < -0.3 is 25.6 Å². The minimum Gasteiger partial charge on any atom is -0.390 e. The van der Waals surface area contributed by atoms with Crippen LogP contribution in [0, 0.1) is 0 Å². The predicted octanol–water partition coefficient (Wildman–Crippen LogP) is -0.911. The molecule has 0 aliphatic heterocycles. The molecule has 9 heteroatoms. The number of rotatable bonds is 1. The Kier molecular flexibility index (Phi) is 2.82. The van der Waals surface area contributed by atoms with Crippen LogP contribution in [0.3, 0.4) is 0 Å². The van der Waals surface area contributed by atoms with Crippen LogP contribution in [0.4, 0.5) is 5.95 Å². The van der Waals surface area contributed by atoms with Gasteiger partial charge in [-0.3, -0.25) is 0 Å². The molecule has 0 spiro atoms. The first-order chi connectivity index (χ1) is 8.99. The Morgan fingerprint density at radius 1 is 1.26 bits per heavy atom. The number of fused-ring (bicyclic) bond motifs is 1. The van der Waals surface area contributed by atoms with Gasteiger partial charge in [-0.2, -0.15) is 9.97 Å². The van der Waals surface area contributed by atoms with Gasteiger partial charge in [-0.05, 0) is 6.42 Å². The molecule has 0 aromatic carbocycles. The molecule has 2 heterocycles. The Hall–Kier alpha value is -1.48. The molecule has 2 aromatic rings. The number of nitrogen functional groups attached to an aromatic ring is 1. The summed E-state index contributed by atoms with van der Waals surface area (Å²) < 4.78 is 1.54. The number of halogens is 1. The van der Waals surface area contributed by atoms with Crippen LogP contribution in [0.1, 0.15) is 12.5 Å². The standard InChI is InChI=1S/C10H12ClN5O3/c11-8-5-9(15-10(12)14-8)16(2-13-5)3-1-4(17)7(19)6(3)18/h2-4,6-7,17-19H,1H2,(H2,12,14,15)/t3-,4+,6+,7-/m1/s1. The van der Waals surface area contributed by atoms with Gasteiger partial charge in [0.25, 0.3) is 0 Å². The van der Waals surface area contributed by atoms with Crippen molar-refractivity contribution in [2.24, 2.45) is 0 Å². The van der Waals surface area contributed by atoms with E-state index in [1.165, 1.54) is 6.33 Å². The van der Waals surface area contributed by atoms with Crippen molar-refractivity contribution in [1.29, 1.82) is 0 Å². The molecule has 1 aliphatic carbocycles. The van der Waals surface area contributed by atoms with Crippen molar-refractivity contribution >= 4 is 28.7 Å².